The second-order valence-corrected chi connectivity index (χ2v) is 9.63. The molecule has 0 fully saturated rings. The number of esters is 1. The van der Waals surface area contributed by atoms with E-state index in [9.17, 15) is 22.8 Å². The highest BCUT2D eigenvalue weighted by atomic mass is 19.4. The number of fused-ring (bicyclic) bond motifs is 1. The maximum Gasteiger partial charge on any atom is 0.422 e. The first-order valence-corrected chi connectivity index (χ1v) is 13.5. The topological polar surface area (TPSA) is 89.1 Å². The van der Waals surface area contributed by atoms with E-state index in [0.717, 1.165) is 29.8 Å². The Morgan fingerprint density at radius 3 is 2.52 bits per heavy atom. The SMILES string of the molecule is CCOC(=O)CCCN1CCc2cc(CC(C)NCCOc3ccccc3OCC(F)(F)F)cc(C(=O)NC)c21. The molecule has 40 heavy (non-hydrogen) atoms. The number of halogens is 3. The van der Waals surface area contributed by atoms with Crippen molar-refractivity contribution in [2.24, 2.45) is 0 Å². The van der Waals surface area contributed by atoms with E-state index in [1.54, 1.807) is 32.2 Å². The fraction of sp³-hybridized carbons (Fsp3) is 0.517. The summed E-state index contributed by atoms with van der Waals surface area (Å²) in [6.07, 6.45) is -1.95. The highest BCUT2D eigenvalue weighted by Crippen LogP contribution is 2.34. The third-order valence-corrected chi connectivity index (χ3v) is 6.44. The summed E-state index contributed by atoms with van der Waals surface area (Å²) in [5.41, 5.74) is 3.68. The maximum absolute atomic E-state index is 12.8. The summed E-state index contributed by atoms with van der Waals surface area (Å²) in [7, 11) is 1.61. The molecule has 1 unspecified atom stereocenters. The van der Waals surface area contributed by atoms with Gasteiger partial charge in [0.1, 0.15) is 6.61 Å². The summed E-state index contributed by atoms with van der Waals surface area (Å²) < 4.78 is 53.1. The van der Waals surface area contributed by atoms with Crippen molar-refractivity contribution in [1.82, 2.24) is 10.6 Å². The van der Waals surface area contributed by atoms with Crippen LogP contribution >= 0.6 is 0 Å². The molecule has 2 aromatic carbocycles. The van der Waals surface area contributed by atoms with Gasteiger partial charge in [-0.1, -0.05) is 18.2 Å². The Kier molecular flexibility index (Phi) is 11.5. The number of benzene rings is 2. The number of nitrogens with zero attached hydrogens (tertiary/aromatic N) is 1. The first kappa shape index (κ1) is 31.1. The molecule has 1 amide bonds. The predicted molar refractivity (Wildman–Crippen MR) is 146 cm³/mol. The zero-order chi connectivity index (χ0) is 29.1. The van der Waals surface area contributed by atoms with Gasteiger partial charge in [-0.25, -0.2) is 0 Å². The molecule has 2 N–H and O–H groups in total. The van der Waals surface area contributed by atoms with Crippen molar-refractivity contribution < 1.29 is 37.0 Å². The molecule has 1 atom stereocenters. The summed E-state index contributed by atoms with van der Waals surface area (Å²) in [4.78, 5) is 26.7. The van der Waals surface area contributed by atoms with E-state index < -0.39 is 12.8 Å². The van der Waals surface area contributed by atoms with Crippen molar-refractivity contribution in [1.29, 1.82) is 0 Å². The van der Waals surface area contributed by atoms with E-state index in [1.165, 1.54) is 6.07 Å². The first-order chi connectivity index (χ1) is 19.1. The highest BCUT2D eigenvalue weighted by Gasteiger charge is 2.29. The van der Waals surface area contributed by atoms with Gasteiger partial charge < -0.3 is 29.7 Å². The van der Waals surface area contributed by atoms with Crippen LogP contribution in [0.2, 0.25) is 0 Å². The Morgan fingerprint density at radius 1 is 1.12 bits per heavy atom. The second kappa shape index (κ2) is 14.8. The maximum atomic E-state index is 12.8. The summed E-state index contributed by atoms with van der Waals surface area (Å²) in [6.45, 7) is 4.95. The van der Waals surface area contributed by atoms with Crippen molar-refractivity contribution in [3.63, 3.8) is 0 Å². The number of hydrogen-bond donors (Lipinski definition) is 2. The summed E-state index contributed by atoms with van der Waals surface area (Å²) in [5, 5.41) is 6.10. The van der Waals surface area contributed by atoms with Gasteiger partial charge in [0.05, 0.1) is 17.9 Å². The van der Waals surface area contributed by atoms with E-state index in [1.807, 2.05) is 13.0 Å². The van der Waals surface area contributed by atoms with Crippen LogP contribution in [0.25, 0.3) is 0 Å². The average Bonchev–Trinajstić information content (AvgIpc) is 3.32. The van der Waals surface area contributed by atoms with Crippen molar-refractivity contribution >= 4 is 17.6 Å². The monoisotopic (exact) mass is 565 g/mol. The van der Waals surface area contributed by atoms with Crippen LogP contribution in [0.5, 0.6) is 11.5 Å². The molecule has 3 rings (SSSR count). The van der Waals surface area contributed by atoms with Crippen LogP contribution in [0, 0.1) is 0 Å². The number of carbonyl (C=O) groups excluding carboxylic acids is 2. The standard InChI is InChI=1S/C29H38F3N3O5/c1-4-38-26(36)10-7-13-35-14-11-22-17-21(18-23(27(22)35)28(37)33-3)16-20(2)34-12-15-39-24-8-5-6-9-25(24)40-19-29(30,31)32/h5-6,8-9,17-18,20,34H,4,7,10-16,19H2,1-3H3,(H,33,37). The van der Waals surface area contributed by atoms with Gasteiger partial charge in [0.25, 0.3) is 5.91 Å². The molecule has 0 bridgehead atoms. The summed E-state index contributed by atoms with van der Waals surface area (Å²) >= 11 is 0. The van der Waals surface area contributed by atoms with Gasteiger partial charge in [0.15, 0.2) is 18.1 Å². The van der Waals surface area contributed by atoms with Gasteiger partial charge in [-0.05, 0) is 62.4 Å². The molecule has 2 aromatic rings. The van der Waals surface area contributed by atoms with Crippen LogP contribution < -0.4 is 25.0 Å². The third kappa shape index (κ3) is 9.32. The minimum Gasteiger partial charge on any atom is -0.488 e. The normalized spacial score (nSPS) is 13.5. The Hall–Kier alpha value is -3.47. The van der Waals surface area contributed by atoms with E-state index >= 15 is 0 Å². The van der Waals surface area contributed by atoms with Crippen LogP contribution in [-0.4, -0.2) is 70.6 Å². The number of rotatable bonds is 15. The second-order valence-electron chi connectivity index (χ2n) is 9.63. The Morgan fingerprint density at radius 2 is 1.85 bits per heavy atom. The first-order valence-electron chi connectivity index (χ1n) is 13.5. The lowest BCUT2D eigenvalue weighted by molar-refractivity contribution is -0.153. The number of hydrogen-bond acceptors (Lipinski definition) is 7. The Bertz CT molecular complexity index is 1140. The largest absolute Gasteiger partial charge is 0.488 e. The van der Waals surface area contributed by atoms with Gasteiger partial charge in [-0.3, -0.25) is 9.59 Å². The molecule has 11 heteroatoms. The molecule has 0 spiro atoms. The summed E-state index contributed by atoms with van der Waals surface area (Å²) in [6, 6.07) is 10.4. The van der Waals surface area contributed by atoms with E-state index in [-0.39, 0.29) is 36.0 Å². The third-order valence-electron chi connectivity index (χ3n) is 6.44. The summed E-state index contributed by atoms with van der Waals surface area (Å²) in [5.74, 6) is -0.0741. The lowest BCUT2D eigenvalue weighted by atomic mass is 9.98. The number of ether oxygens (including phenoxy) is 3. The van der Waals surface area contributed by atoms with E-state index in [4.69, 9.17) is 14.2 Å². The molecule has 0 saturated heterocycles. The number of carbonyl (C=O) groups is 2. The predicted octanol–water partition coefficient (Wildman–Crippen LogP) is 4.29. The fourth-order valence-corrected chi connectivity index (χ4v) is 4.73. The number of nitrogens with one attached hydrogen (secondary N) is 2. The molecular weight excluding hydrogens is 527 g/mol. The number of alkyl halides is 3. The molecule has 8 nitrogen and oxygen atoms in total. The quantitative estimate of drug-likeness (QED) is 0.246. The van der Waals surface area contributed by atoms with Gasteiger partial charge in [-0.15, -0.1) is 0 Å². The lowest BCUT2D eigenvalue weighted by Gasteiger charge is -2.23. The molecule has 220 valence electrons. The molecule has 1 heterocycles. The molecule has 0 radical (unpaired) electrons. The van der Waals surface area contributed by atoms with Gasteiger partial charge in [0.2, 0.25) is 0 Å². The minimum absolute atomic E-state index is 0.0441. The van der Waals surface area contributed by atoms with Gasteiger partial charge >= 0.3 is 12.1 Å². The Labute approximate surface area is 233 Å². The highest BCUT2D eigenvalue weighted by molar-refractivity contribution is 6.01. The van der Waals surface area contributed by atoms with E-state index in [0.29, 0.717) is 44.5 Å². The molecule has 1 aliphatic heterocycles. The Balaban J connectivity index is 1.55. The van der Waals surface area contributed by atoms with Crippen LogP contribution in [0.3, 0.4) is 0 Å². The number of anilines is 1. The zero-order valence-corrected chi connectivity index (χ0v) is 23.2. The van der Waals surface area contributed by atoms with Crippen LogP contribution in [0.1, 0.15) is 48.2 Å². The molecule has 0 aromatic heterocycles. The lowest BCUT2D eigenvalue weighted by Crippen LogP contribution is -2.32. The minimum atomic E-state index is -4.43. The van der Waals surface area contributed by atoms with Crippen molar-refractivity contribution in [3.8, 4) is 11.5 Å². The van der Waals surface area contributed by atoms with Crippen LogP contribution in [0.15, 0.2) is 36.4 Å². The smallest absolute Gasteiger partial charge is 0.422 e. The van der Waals surface area contributed by atoms with Gasteiger partial charge in [0, 0.05) is 39.1 Å². The van der Waals surface area contributed by atoms with Crippen molar-refractivity contribution in [2.75, 3.05) is 51.4 Å². The molecule has 0 aliphatic carbocycles. The number of amides is 1. The van der Waals surface area contributed by atoms with Gasteiger partial charge in [-0.2, -0.15) is 13.2 Å². The molecular formula is C29H38F3N3O5. The van der Waals surface area contributed by atoms with Crippen molar-refractivity contribution in [3.05, 3.63) is 53.1 Å². The number of para-hydroxylation sites is 2. The molecule has 1 aliphatic rings. The molecule has 0 saturated carbocycles. The van der Waals surface area contributed by atoms with Crippen LogP contribution in [-0.2, 0) is 22.4 Å². The fourth-order valence-electron chi connectivity index (χ4n) is 4.73. The zero-order valence-electron chi connectivity index (χ0n) is 23.2. The van der Waals surface area contributed by atoms with Crippen molar-refractivity contribution in [2.45, 2.75) is 51.7 Å². The average molecular weight is 566 g/mol. The van der Waals surface area contributed by atoms with Crippen LogP contribution in [0.4, 0.5) is 18.9 Å². The van der Waals surface area contributed by atoms with E-state index in [2.05, 4.69) is 21.6 Å².